The first-order chi connectivity index (χ1) is 13.0. The lowest BCUT2D eigenvalue weighted by molar-refractivity contribution is -0.143. The summed E-state index contributed by atoms with van der Waals surface area (Å²) < 4.78 is 0. The van der Waals surface area contributed by atoms with Crippen LogP contribution < -0.4 is 21.7 Å². The van der Waals surface area contributed by atoms with Crippen molar-refractivity contribution in [3.63, 3.8) is 0 Å². The molecule has 160 valence electrons. The monoisotopic (exact) mass is 420 g/mol. The highest BCUT2D eigenvalue weighted by molar-refractivity contribution is 7.80. The molecule has 3 atom stereocenters. The summed E-state index contributed by atoms with van der Waals surface area (Å²) in [6.07, 6.45) is -0.515. The van der Waals surface area contributed by atoms with Gasteiger partial charge in [0, 0.05) is 12.2 Å². The van der Waals surface area contributed by atoms with Gasteiger partial charge in [-0.2, -0.15) is 12.6 Å². The number of carboxylic acids is 2. The Morgan fingerprint density at radius 2 is 1.61 bits per heavy atom. The molecule has 28 heavy (non-hydrogen) atoms. The van der Waals surface area contributed by atoms with Crippen molar-refractivity contribution < 1.29 is 34.2 Å². The van der Waals surface area contributed by atoms with Crippen LogP contribution in [0.25, 0.3) is 0 Å². The Morgan fingerprint density at radius 3 is 2.07 bits per heavy atom. The maximum atomic E-state index is 12.4. The number of nitrogens with two attached hydrogens (primary N) is 1. The number of amides is 3. The Labute approximate surface area is 168 Å². The Bertz CT molecular complexity index is 585. The van der Waals surface area contributed by atoms with Crippen molar-refractivity contribution in [3.8, 4) is 0 Å². The normalized spacial score (nSPS) is 13.9. The molecule has 0 aromatic carbocycles. The van der Waals surface area contributed by atoms with E-state index in [0.29, 0.717) is 0 Å². The molecule has 0 saturated carbocycles. The number of thiol groups is 1. The van der Waals surface area contributed by atoms with Gasteiger partial charge in [0.05, 0.1) is 12.6 Å². The molecule has 0 saturated heterocycles. The zero-order valence-electron chi connectivity index (χ0n) is 15.8. The standard InChI is InChI=1S/C16H28N4O7S/c1-8(2)5-11(19-12(21)6-18-14(24)9(17)7-28)15(25)20-10(16(26)27)3-4-13(22)23/h8-11,28H,3-7,17H2,1-2H3,(H,18,24)(H,19,21)(H,20,25)(H,22,23)(H,26,27). The van der Waals surface area contributed by atoms with Gasteiger partial charge >= 0.3 is 11.9 Å². The Kier molecular flexibility index (Phi) is 11.9. The van der Waals surface area contributed by atoms with E-state index in [1.807, 2.05) is 0 Å². The maximum Gasteiger partial charge on any atom is 0.326 e. The SMILES string of the molecule is CC(C)CC(NC(=O)CNC(=O)C(N)CS)C(=O)NC(CCC(=O)O)C(=O)O. The third kappa shape index (κ3) is 10.7. The molecule has 0 radical (unpaired) electrons. The largest absolute Gasteiger partial charge is 0.481 e. The topological polar surface area (TPSA) is 188 Å². The average molecular weight is 420 g/mol. The van der Waals surface area contributed by atoms with Crippen molar-refractivity contribution in [1.82, 2.24) is 16.0 Å². The van der Waals surface area contributed by atoms with E-state index in [-0.39, 0.29) is 24.5 Å². The quantitative estimate of drug-likeness (QED) is 0.172. The molecule has 0 heterocycles. The number of rotatable bonds is 13. The van der Waals surface area contributed by atoms with Gasteiger partial charge in [-0.1, -0.05) is 13.8 Å². The average Bonchev–Trinajstić information content (AvgIpc) is 2.60. The highest BCUT2D eigenvalue weighted by atomic mass is 32.1. The fourth-order valence-corrected chi connectivity index (χ4v) is 2.29. The van der Waals surface area contributed by atoms with Gasteiger partial charge in [-0.3, -0.25) is 19.2 Å². The van der Waals surface area contributed by atoms with Crippen LogP contribution in [0.3, 0.4) is 0 Å². The molecule has 0 fully saturated rings. The van der Waals surface area contributed by atoms with Crippen molar-refractivity contribution in [2.75, 3.05) is 12.3 Å². The molecule has 12 heteroatoms. The van der Waals surface area contributed by atoms with Crippen LogP contribution in [0.1, 0.15) is 33.1 Å². The van der Waals surface area contributed by atoms with Crippen LogP contribution in [0.2, 0.25) is 0 Å². The summed E-state index contributed by atoms with van der Waals surface area (Å²) in [6, 6.07) is -3.32. The molecule has 7 N–H and O–H groups in total. The number of hydrogen-bond donors (Lipinski definition) is 7. The van der Waals surface area contributed by atoms with Gasteiger partial charge in [-0.05, 0) is 18.8 Å². The molecule has 0 bridgehead atoms. The van der Waals surface area contributed by atoms with E-state index in [9.17, 15) is 24.0 Å². The van der Waals surface area contributed by atoms with Gasteiger partial charge in [0.1, 0.15) is 12.1 Å². The Hall–Kier alpha value is -2.34. The van der Waals surface area contributed by atoms with Crippen molar-refractivity contribution in [2.24, 2.45) is 11.7 Å². The molecule has 0 rings (SSSR count). The fourth-order valence-electron chi connectivity index (χ4n) is 2.13. The summed E-state index contributed by atoms with van der Waals surface area (Å²) in [5, 5.41) is 24.8. The predicted octanol–water partition coefficient (Wildman–Crippen LogP) is -1.68. The second-order valence-electron chi connectivity index (χ2n) is 6.59. The van der Waals surface area contributed by atoms with E-state index < -0.39 is 60.8 Å². The van der Waals surface area contributed by atoms with Crippen LogP contribution in [0.5, 0.6) is 0 Å². The fraction of sp³-hybridized carbons (Fsp3) is 0.688. The van der Waals surface area contributed by atoms with Crippen LogP contribution in [0.15, 0.2) is 0 Å². The Morgan fingerprint density at radius 1 is 1.00 bits per heavy atom. The number of nitrogens with one attached hydrogen (secondary N) is 3. The van der Waals surface area contributed by atoms with Crippen molar-refractivity contribution in [3.05, 3.63) is 0 Å². The van der Waals surface area contributed by atoms with Crippen LogP contribution in [0.4, 0.5) is 0 Å². The highest BCUT2D eigenvalue weighted by Gasteiger charge is 2.27. The van der Waals surface area contributed by atoms with E-state index in [1.165, 1.54) is 0 Å². The lowest BCUT2D eigenvalue weighted by Crippen LogP contribution is -2.54. The summed E-state index contributed by atoms with van der Waals surface area (Å²) in [5.41, 5.74) is 5.47. The molecular formula is C16H28N4O7S. The molecule has 0 aromatic heterocycles. The van der Waals surface area contributed by atoms with Crippen LogP contribution in [-0.4, -0.2) is 70.3 Å². The first kappa shape index (κ1) is 25.7. The number of aliphatic carboxylic acids is 2. The molecule has 3 amide bonds. The van der Waals surface area contributed by atoms with Crippen molar-refractivity contribution in [2.45, 2.75) is 51.2 Å². The molecule has 11 nitrogen and oxygen atoms in total. The van der Waals surface area contributed by atoms with Gasteiger partial charge < -0.3 is 31.9 Å². The predicted molar refractivity (Wildman–Crippen MR) is 103 cm³/mol. The van der Waals surface area contributed by atoms with Gasteiger partial charge in [-0.15, -0.1) is 0 Å². The van der Waals surface area contributed by atoms with Gasteiger partial charge in [-0.25, -0.2) is 4.79 Å². The summed E-state index contributed by atoms with van der Waals surface area (Å²) in [6.45, 7) is 3.20. The number of carbonyl (C=O) groups is 5. The summed E-state index contributed by atoms with van der Waals surface area (Å²) in [4.78, 5) is 57.9. The summed E-state index contributed by atoms with van der Waals surface area (Å²) in [5.74, 6) is -4.46. The van der Waals surface area contributed by atoms with E-state index >= 15 is 0 Å². The van der Waals surface area contributed by atoms with E-state index in [4.69, 9.17) is 15.9 Å². The zero-order valence-corrected chi connectivity index (χ0v) is 16.7. The molecule has 3 unspecified atom stereocenters. The first-order valence-electron chi connectivity index (χ1n) is 8.66. The van der Waals surface area contributed by atoms with Crippen molar-refractivity contribution in [1.29, 1.82) is 0 Å². The van der Waals surface area contributed by atoms with Crippen molar-refractivity contribution >= 4 is 42.3 Å². The minimum Gasteiger partial charge on any atom is -0.481 e. The molecule has 0 aliphatic heterocycles. The smallest absolute Gasteiger partial charge is 0.326 e. The first-order valence-corrected chi connectivity index (χ1v) is 9.29. The molecule has 0 aromatic rings. The number of hydrogen-bond acceptors (Lipinski definition) is 7. The lowest BCUT2D eigenvalue weighted by atomic mass is 10.0. The molecule has 0 aliphatic carbocycles. The third-order valence-corrected chi connectivity index (χ3v) is 3.97. The van der Waals surface area contributed by atoms with E-state index in [0.717, 1.165) is 0 Å². The van der Waals surface area contributed by atoms with Gasteiger partial charge in [0.2, 0.25) is 17.7 Å². The minimum atomic E-state index is -1.40. The second kappa shape index (κ2) is 12.9. The molecule has 0 spiro atoms. The van der Waals surface area contributed by atoms with Crippen LogP contribution >= 0.6 is 12.6 Å². The zero-order chi connectivity index (χ0) is 21.9. The van der Waals surface area contributed by atoms with E-state index in [1.54, 1.807) is 13.8 Å². The number of carbonyl (C=O) groups excluding carboxylic acids is 3. The van der Waals surface area contributed by atoms with Crippen LogP contribution in [0, 0.1) is 5.92 Å². The Balaban J connectivity index is 4.91. The second-order valence-corrected chi connectivity index (χ2v) is 6.95. The number of carboxylic acid groups (broad SMARTS) is 2. The lowest BCUT2D eigenvalue weighted by Gasteiger charge is -2.22. The summed E-state index contributed by atoms with van der Waals surface area (Å²) >= 11 is 3.87. The summed E-state index contributed by atoms with van der Waals surface area (Å²) in [7, 11) is 0. The third-order valence-electron chi connectivity index (χ3n) is 3.58. The molecular weight excluding hydrogens is 392 g/mol. The van der Waals surface area contributed by atoms with E-state index in [2.05, 4.69) is 28.6 Å². The van der Waals surface area contributed by atoms with Crippen LogP contribution in [-0.2, 0) is 24.0 Å². The minimum absolute atomic E-state index is 0.00876. The molecule has 0 aliphatic rings. The highest BCUT2D eigenvalue weighted by Crippen LogP contribution is 2.07. The van der Waals surface area contributed by atoms with Gasteiger partial charge in [0.25, 0.3) is 0 Å². The maximum absolute atomic E-state index is 12.4. The van der Waals surface area contributed by atoms with Gasteiger partial charge in [0.15, 0.2) is 0 Å².